The first-order valence-corrected chi connectivity index (χ1v) is 12.9. The average molecular weight is 567 g/mol. The Bertz CT molecular complexity index is 1430. The van der Waals surface area contributed by atoms with Crippen LogP contribution >= 0.6 is 0 Å². The van der Waals surface area contributed by atoms with Crippen LogP contribution in [-0.4, -0.2) is 38.9 Å². The molecule has 1 aliphatic heterocycles. The van der Waals surface area contributed by atoms with Crippen LogP contribution in [0.2, 0.25) is 0 Å². The Hall–Kier alpha value is -3.30. The summed E-state index contributed by atoms with van der Waals surface area (Å²) in [6, 6.07) is 8.19. The van der Waals surface area contributed by atoms with Gasteiger partial charge in [0.25, 0.3) is 0 Å². The molecular weight excluding hydrogens is 538 g/mol. The van der Waals surface area contributed by atoms with Crippen LogP contribution in [0.1, 0.15) is 62.3 Å². The van der Waals surface area contributed by atoms with Crippen molar-refractivity contribution in [1.82, 2.24) is 14.9 Å². The SMILES string of the molecule is C[C@H]1C[C@@](C#N)(c2ccc(C(F)(F)F)cc2)C[C@@H](COc2cc(C(F)(F)F)c3c(c2)ncn3C2CC(C)(O)C2)N1. The first-order valence-electron chi connectivity index (χ1n) is 12.9. The van der Waals surface area contributed by atoms with E-state index in [1.807, 2.05) is 6.92 Å². The number of aliphatic hydroxyl groups is 1. The molecule has 40 heavy (non-hydrogen) atoms. The molecule has 2 N–H and O–H groups in total. The van der Waals surface area contributed by atoms with Crippen molar-refractivity contribution in [2.45, 2.75) is 81.0 Å². The van der Waals surface area contributed by atoms with Crippen LogP contribution in [0.25, 0.3) is 11.0 Å². The second-order valence-corrected chi connectivity index (χ2v) is 11.3. The first-order chi connectivity index (χ1) is 18.6. The molecular formula is C28H28F6N4O2. The number of nitriles is 1. The lowest BCUT2D eigenvalue weighted by Crippen LogP contribution is -2.52. The van der Waals surface area contributed by atoms with E-state index in [1.165, 1.54) is 29.1 Å². The Morgan fingerprint density at radius 1 is 1.07 bits per heavy atom. The molecule has 5 rings (SSSR count). The summed E-state index contributed by atoms with van der Waals surface area (Å²) in [5.41, 5.74) is -3.24. The third kappa shape index (κ3) is 5.37. The van der Waals surface area contributed by atoms with Crippen LogP contribution in [0, 0.1) is 11.3 Å². The Morgan fingerprint density at radius 3 is 2.33 bits per heavy atom. The topological polar surface area (TPSA) is 83.1 Å². The summed E-state index contributed by atoms with van der Waals surface area (Å²) in [7, 11) is 0. The summed E-state index contributed by atoms with van der Waals surface area (Å²) in [6.07, 6.45) is -6.65. The minimum Gasteiger partial charge on any atom is -0.492 e. The van der Waals surface area contributed by atoms with Gasteiger partial charge in [-0.05, 0) is 63.3 Å². The summed E-state index contributed by atoms with van der Waals surface area (Å²) in [4.78, 5) is 4.17. The van der Waals surface area contributed by atoms with E-state index in [2.05, 4.69) is 16.4 Å². The Labute approximate surface area is 226 Å². The first kappa shape index (κ1) is 28.2. The fourth-order valence-corrected chi connectivity index (χ4v) is 6.09. The molecule has 3 atom stereocenters. The summed E-state index contributed by atoms with van der Waals surface area (Å²) in [5.74, 6) is -0.0391. The van der Waals surface area contributed by atoms with Gasteiger partial charge in [-0.15, -0.1) is 0 Å². The van der Waals surface area contributed by atoms with Gasteiger partial charge in [-0.1, -0.05) is 12.1 Å². The minimum atomic E-state index is -4.68. The lowest BCUT2D eigenvalue weighted by atomic mass is 9.70. The molecule has 1 saturated carbocycles. The molecule has 1 saturated heterocycles. The number of nitrogens with one attached hydrogen (secondary N) is 1. The van der Waals surface area contributed by atoms with Gasteiger partial charge < -0.3 is 19.7 Å². The molecule has 3 aromatic rings. The average Bonchev–Trinajstić information content (AvgIpc) is 3.27. The maximum Gasteiger partial charge on any atom is 0.418 e. The van der Waals surface area contributed by atoms with Gasteiger partial charge in [0.2, 0.25) is 0 Å². The van der Waals surface area contributed by atoms with Gasteiger partial charge in [0.15, 0.2) is 0 Å². The van der Waals surface area contributed by atoms with Gasteiger partial charge in [-0.2, -0.15) is 31.6 Å². The van der Waals surface area contributed by atoms with Gasteiger partial charge in [0.1, 0.15) is 12.4 Å². The zero-order valence-corrected chi connectivity index (χ0v) is 21.8. The summed E-state index contributed by atoms with van der Waals surface area (Å²) >= 11 is 0. The third-order valence-corrected chi connectivity index (χ3v) is 7.89. The lowest BCUT2D eigenvalue weighted by Gasteiger charge is -2.42. The molecule has 0 amide bonds. The summed E-state index contributed by atoms with van der Waals surface area (Å²) in [6.45, 7) is 3.40. The molecule has 6 nitrogen and oxygen atoms in total. The molecule has 2 heterocycles. The molecule has 1 aliphatic carbocycles. The van der Waals surface area contributed by atoms with Crippen molar-refractivity contribution < 1.29 is 36.2 Å². The molecule has 2 fully saturated rings. The standard InChI is InChI=1S/C28H28F6N4O2/c1-16-9-26(14-35,17-3-5-18(6-4-17)27(29,30)31)10-19(37-16)13-40-21-7-22(28(32,33)34)24-23(8-21)36-15-38(24)20-11-25(2,39)12-20/h3-8,15-16,19-20,37,39H,9-13H2,1-2H3/t16-,19-,20?,25?,26+/m0/s1. The number of piperidine rings is 1. The largest absolute Gasteiger partial charge is 0.492 e. The van der Waals surface area contributed by atoms with E-state index in [-0.39, 0.29) is 41.9 Å². The van der Waals surface area contributed by atoms with E-state index in [0.29, 0.717) is 24.8 Å². The smallest absolute Gasteiger partial charge is 0.418 e. The highest BCUT2D eigenvalue weighted by Crippen LogP contribution is 2.45. The van der Waals surface area contributed by atoms with Gasteiger partial charge in [-0.25, -0.2) is 4.98 Å². The number of halogens is 6. The Kier molecular flexibility index (Phi) is 6.82. The van der Waals surface area contributed by atoms with Crippen LogP contribution in [0.15, 0.2) is 42.7 Å². The Morgan fingerprint density at radius 2 is 1.75 bits per heavy atom. The lowest BCUT2D eigenvalue weighted by molar-refractivity contribution is -0.138. The highest BCUT2D eigenvalue weighted by atomic mass is 19.4. The highest BCUT2D eigenvalue weighted by Gasteiger charge is 2.43. The molecule has 0 spiro atoms. The second-order valence-electron chi connectivity index (χ2n) is 11.3. The maximum absolute atomic E-state index is 14.1. The van der Waals surface area contributed by atoms with Crippen LogP contribution in [0.3, 0.4) is 0 Å². The van der Waals surface area contributed by atoms with Crippen molar-refractivity contribution in [1.29, 1.82) is 5.26 Å². The number of rotatable bonds is 5. The zero-order valence-electron chi connectivity index (χ0n) is 21.8. The number of nitrogens with zero attached hydrogens (tertiary/aromatic N) is 3. The molecule has 0 bridgehead atoms. The minimum absolute atomic E-state index is 0.0391. The quantitative estimate of drug-likeness (QED) is 0.363. The fourth-order valence-electron chi connectivity index (χ4n) is 6.09. The summed E-state index contributed by atoms with van der Waals surface area (Å²) in [5, 5.41) is 23.4. The summed E-state index contributed by atoms with van der Waals surface area (Å²) < 4.78 is 88.7. The Balaban J connectivity index is 1.38. The van der Waals surface area contributed by atoms with Crippen molar-refractivity contribution in [3.05, 3.63) is 59.4 Å². The molecule has 0 radical (unpaired) electrons. The van der Waals surface area contributed by atoms with E-state index in [0.717, 1.165) is 18.2 Å². The van der Waals surface area contributed by atoms with Crippen LogP contribution in [0.5, 0.6) is 5.75 Å². The second kappa shape index (κ2) is 9.66. The van der Waals surface area contributed by atoms with Crippen molar-refractivity contribution in [2.75, 3.05) is 6.61 Å². The predicted octanol–water partition coefficient (Wildman–Crippen LogP) is 6.14. The van der Waals surface area contributed by atoms with Crippen LogP contribution < -0.4 is 10.1 Å². The van der Waals surface area contributed by atoms with E-state index >= 15 is 0 Å². The number of alkyl halides is 6. The third-order valence-electron chi connectivity index (χ3n) is 7.89. The monoisotopic (exact) mass is 566 g/mol. The number of imidazole rings is 1. The van der Waals surface area contributed by atoms with Crippen molar-refractivity contribution in [2.24, 2.45) is 0 Å². The van der Waals surface area contributed by atoms with E-state index in [9.17, 15) is 36.7 Å². The van der Waals surface area contributed by atoms with Crippen molar-refractivity contribution in [3.63, 3.8) is 0 Å². The van der Waals surface area contributed by atoms with E-state index < -0.39 is 40.5 Å². The number of hydrogen-bond donors (Lipinski definition) is 2. The molecule has 2 aromatic carbocycles. The van der Waals surface area contributed by atoms with Gasteiger partial charge >= 0.3 is 12.4 Å². The number of benzene rings is 2. The van der Waals surface area contributed by atoms with Gasteiger partial charge in [0.05, 0.1) is 45.6 Å². The van der Waals surface area contributed by atoms with E-state index in [1.54, 1.807) is 6.92 Å². The molecule has 214 valence electrons. The van der Waals surface area contributed by atoms with Crippen LogP contribution in [-0.2, 0) is 17.8 Å². The van der Waals surface area contributed by atoms with Crippen LogP contribution in [0.4, 0.5) is 26.3 Å². The maximum atomic E-state index is 14.1. The predicted molar refractivity (Wildman–Crippen MR) is 133 cm³/mol. The number of fused-ring (bicyclic) bond motifs is 1. The van der Waals surface area contributed by atoms with Crippen molar-refractivity contribution >= 4 is 11.0 Å². The fraction of sp³-hybridized carbons (Fsp3) is 0.500. The van der Waals surface area contributed by atoms with E-state index in [4.69, 9.17) is 4.74 Å². The molecule has 0 unspecified atom stereocenters. The number of aromatic nitrogens is 2. The molecule has 2 aliphatic rings. The van der Waals surface area contributed by atoms with Gasteiger partial charge in [-0.3, -0.25) is 0 Å². The highest BCUT2D eigenvalue weighted by molar-refractivity contribution is 5.82. The van der Waals surface area contributed by atoms with Crippen molar-refractivity contribution in [3.8, 4) is 11.8 Å². The normalized spacial score (nSPS) is 29.1. The number of hydrogen-bond acceptors (Lipinski definition) is 5. The van der Waals surface area contributed by atoms with Gasteiger partial charge in [0, 0.05) is 24.2 Å². The zero-order chi connectivity index (χ0) is 29.1. The number of ether oxygens (including phenoxy) is 1. The molecule has 1 aromatic heterocycles. The molecule has 12 heteroatoms.